The minimum Gasteiger partial charge on any atom is -0.320 e. The zero-order chi connectivity index (χ0) is 14.7. The van der Waals surface area contributed by atoms with Crippen LogP contribution in [-0.4, -0.2) is 13.6 Å². The molecule has 1 nitrogen and oxygen atoms in total. The summed E-state index contributed by atoms with van der Waals surface area (Å²) in [5, 5.41) is 4.00. The molecule has 0 spiro atoms. The quantitative estimate of drug-likeness (QED) is 0.661. The number of rotatable bonds is 4. The third-order valence-corrected chi connectivity index (χ3v) is 5.00. The van der Waals surface area contributed by atoms with Gasteiger partial charge in [-0.25, -0.2) is 0 Å². The molecule has 0 unspecified atom stereocenters. The summed E-state index contributed by atoms with van der Waals surface area (Å²) in [6.45, 7) is 1.04. The minimum absolute atomic E-state index is 0.801. The molecule has 0 saturated heterocycles. The number of fused-ring (bicyclic) bond motifs is 2. The summed E-state index contributed by atoms with van der Waals surface area (Å²) in [6, 6.07) is 14.8. The zero-order valence-corrected chi connectivity index (χ0v) is 13.6. The van der Waals surface area contributed by atoms with E-state index >= 15 is 0 Å². The Morgan fingerprint density at radius 2 is 1.90 bits per heavy atom. The van der Waals surface area contributed by atoms with E-state index in [1.54, 1.807) is 0 Å². The van der Waals surface area contributed by atoms with Gasteiger partial charge in [0.1, 0.15) is 0 Å². The van der Waals surface area contributed by atoms with E-state index in [-0.39, 0.29) is 0 Å². The van der Waals surface area contributed by atoms with Crippen LogP contribution in [0.5, 0.6) is 0 Å². The summed E-state index contributed by atoms with van der Waals surface area (Å²) in [5.41, 5.74) is 3.90. The fourth-order valence-electron chi connectivity index (χ4n) is 2.59. The van der Waals surface area contributed by atoms with Crippen molar-refractivity contribution in [1.82, 2.24) is 5.32 Å². The van der Waals surface area contributed by atoms with Crippen LogP contribution in [0.3, 0.4) is 0 Å². The van der Waals surface area contributed by atoms with Crippen molar-refractivity contribution in [3.8, 4) is 0 Å². The third kappa shape index (κ3) is 3.18. The monoisotopic (exact) mass is 315 g/mol. The van der Waals surface area contributed by atoms with Crippen LogP contribution >= 0.6 is 23.4 Å². The van der Waals surface area contributed by atoms with E-state index in [9.17, 15) is 0 Å². The first-order valence-electron chi connectivity index (χ1n) is 7.21. The third-order valence-electron chi connectivity index (χ3n) is 3.61. The lowest BCUT2D eigenvalue weighted by atomic mass is 9.96. The van der Waals surface area contributed by atoms with Gasteiger partial charge in [0.15, 0.2) is 0 Å². The molecule has 0 radical (unpaired) electrons. The fraction of sp³-hybridized carbons (Fsp3) is 0.222. The Hall–Kier alpha value is -1.22. The average molecular weight is 316 g/mol. The van der Waals surface area contributed by atoms with Crippen LogP contribution in [-0.2, 0) is 0 Å². The van der Waals surface area contributed by atoms with Gasteiger partial charge >= 0.3 is 0 Å². The molecule has 1 N–H and O–H groups in total. The van der Waals surface area contributed by atoms with Gasteiger partial charge in [0.25, 0.3) is 0 Å². The van der Waals surface area contributed by atoms with Gasteiger partial charge in [-0.1, -0.05) is 47.6 Å². The molecule has 3 rings (SSSR count). The molecular formula is C18H18ClNS. The molecule has 0 aromatic heterocycles. The van der Waals surface area contributed by atoms with Crippen LogP contribution in [0.1, 0.15) is 24.0 Å². The van der Waals surface area contributed by atoms with E-state index in [0.29, 0.717) is 0 Å². The van der Waals surface area contributed by atoms with Crippen LogP contribution in [0.4, 0.5) is 0 Å². The smallest absolute Gasteiger partial charge is 0.0412 e. The van der Waals surface area contributed by atoms with Crippen LogP contribution in [0.25, 0.3) is 5.57 Å². The Morgan fingerprint density at radius 1 is 1.10 bits per heavy atom. The summed E-state index contributed by atoms with van der Waals surface area (Å²) < 4.78 is 0. The highest BCUT2D eigenvalue weighted by Crippen LogP contribution is 2.46. The molecule has 0 atom stereocenters. The summed E-state index contributed by atoms with van der Waals surface area (Å²) in [5.74, 6) is 0. The summed E-state index contributed by atoms with van der Waals surface area (Å²) in [7, 11) is 1.99. The van der Waals surface area contributed by atoms with E-state index in [0.717, 1.165) is 24.4 Å². The first-order valence-corrected chi connectivity index (χ1v) is 8.41. The summed E-state index contributed by atoms with van der Waals surface area (Å²) in [4.78, 5) is 2.62. The number of benzene rings is 2. The molecule has 2 aromatic carbocycles. The van der Waals surface area contributed by atoms with E-state index < -0.39 is 0 Å². The van der Waals surface area contributed by atoms with Crippen molar-refractivity contribution < 1.29 is 0 Å². The van der Waals surface area contributed by atoms with Gasteiger partial charge in [0.2, 0.25) is 0 Å². The van der Waals surface area contributed by atoms with Gasteiger partial charge in [0, 0.05) is 14.8 Å². The van der Waals surface area contributed by atoms with Crippen LogP contribution in [0, 0.1) is 0 Å². The summed E-state index contributed by atoms with van der Waals surface area (Å²) in [6.07, 6.45) is 4.57. The second kappa shape index (κ2) is 6.69. The van der Waals surface area contributed by atoms with E-state index in [4.69, 9.17) is 11.6 Å². The van der Waals surface area contributed by atoms with Gasteiger partial charge < -0.3 is 5.32 Å². The largest absolute Gasteiger partial charge is 0.320 e. The molecule has 0 aliphatic carbocycles. The lowest BCUT2D eigenvalue weighted by Crippen LogP contribution is -2.06. The van der Waals surface area contributed by atoms with Crippen molar-refractivity contribution in [2.45, 2.75) is 22.6 Å². The molecule has 0 bridgehead atoms. The predicted octanol–water partition coefficient (Wildman–Crippen LogP) is 5.24. The average Bonchev–Trinajstić information content (AvgIpc) is 2.51. The maximum atomic E-state index is 6.21. The van der Waals surface area contributed by atoms with Gasteiger partial charge in [0.05, 0.1) is 0 Å². The molecule has 21 heavy (non-hydrogen) atoms. The number of hydrogen-bond donors (Lipinski definition) is 1. The highest BCUT2D eigenvalue weighted by Gasteiger charge is 2.20. The van der Waals surface area contributed by atoms with Crippen molar-refractivity contribution in [1.29, 1.82) is 0 Å². The first-order chi connectivity index (χ1) is 10.3. The molecule has 2 aromatic rings. The second-order valence-electron chi connectivity index (χ2n) is 5.10. The Kier molecular flexibility index (Phi) is 4.69. The standard InChI is InChI=1S/C18H18ClNS/c1-20-11-5-4-6-14-15-7-2-3-8-17(15)21-18-10-9-13(19)12-16(14)18/h2-3,6-10,12,20H,4-5,11H2,1H3/b14-6+. The normalized spacial score (nSPS) is 14.9. The molecular weight excluding hydrogens is 298 g/mol. The Balaban J connectivity index is 2.02. The van der Waals surface area contributed by atoms with Crippen LogP contribution < -0.4 is 5.32 Å². The highest BCUT2D eigenvalue weighted by molar-refractivity contribution is 7.99. The van der Waals surface area contributed by atoms with E-state index in [1.807, 2.05) is 24.9 Å². The molecule has 1 aliphatic rings. The molecule has 108 valence electrons. The number of nitrogens with one attached hydrogen (secondary N) is 1. The predicted molar refractivity (Wildman–Crippen MR) is 92.3 cm³/mol. The van der Waals surface area contributed by atoms with Crippen LogP contribution in [0.15, 0.2) is 58.3 Å². The van der Waals surface area contributed by atoms with Gasteiger partial charge in [-0.2, -0.15) is 0 Å². The number of allylic oxidation sites excluding steroid dienone is 1. The van der Waals surface area contributed by atoms with Crippen molar-refractivity contribution in [2.75, 3.05) is 13.6 Å². The SMILES string of the molecule is CNCCC/C=C1\c2ccccc2Sc2ccc(Cl)cc21. The Labute approximate surface area is 135 Å². The van der Waals surface area contributed by atoms with E-state index in [2.05, 4.69) is 47.8 Å². The van der Waals surface area contributed by atoms with Crippen molar-refractivity contribution in [3.05, 3.63) is 64.7 Å². The van der Waals surface area contributed by atoms with E-state index in [1.165, 1.54) is 26.5 Å². The molecule has 0 saturated carbocycles. The fourth-order valence-corrected chi connectivity index (χ4v) is 3.85. The molecule has 1 aliphatic heterocycles. The number of hydrogen-bond acceptors (Lipinski definition) is 2. The second-order valence-corrected chi connectivity index (χ2v) is 6.62. The maximum Gasteiger partial charge on any atom is 0.0412 e. The first kappa shape index (κ1) is 14.7. The highest BCUT2D eigenvalue weighted by atomic mass is 35.5. The molecule has 0 amide bonds. The lowest BCUT2D eigenvalue weighted by Gasteiger charge is -2.22. The topological polar surface area (TPSA) is 12.0 Å². The molecule has 1 heterocycles. The van der Waals surface area contributed by atoms with Gasteiger partial charge in [-0.15, -0.1) is 0 Å². The Bertz CT molecular complexity index is 679. The lowest BCUT2D eigenvalue weighted by molar-refractivity contribution is 0.735. The van der Waals surface area contributed by atoms with Crippen molar-refractivity contribution >= 4 is 28.9 Å². The number of halogens is 1. The van der Waals surface area contributed by atoms with Crippen LogP contribution in [0.2, 0.25) is 5.02 Å². The minimum atomic E-state index is 0.801. The molecule has 0 fully saturated rings. The number of unbranched alkanes of at least 4 members (excludes halogenated alkanes) is 1. The van der Waals surface area contributed by atoms with Gasteiger partial charge in [-0.3, -0.25) is 0 Å². The maximum absolute atomic E-state index is 6.21. The summed E-state index contributed by atoms with van der Waals surface area (Å²) >= 11 is 8.03. The van der Waals surface area contributed by atoms with Gasteiger partial charge in [-0.05, 0) is 67.4 Å². The van der Waals surface area contributed by atoms with Crippen molar-refractivity contribution in [3.63, 3.8) is 0 Å². The zero-order valence-electron chi connectivity index (χ0n) is 12.0. The Morgan fingerprint density at radius 3 is 2.76 bits per heavy atom. The molecule has 3 heteroatoms. The van der Waals surface area contributed by atoms with Crippen molar-refractivity contribution in [2.24, 2.45) is 0 Å².